The molecule has 0 saturated carbocycles. The molecule has 0 aliphatic carbocycles. The fourth-order valence-electron chi connectivity index (χ4n) is 0.155. The molecule has 0 aliphatic heterocycles. The van der Waals surface area contributed by atoms with Crippen molar-refractivity contribution in [3.63, 3.8) is 0 Å². The van der Waals surface area contributed by atoms with Gasteiger partial charge >= 0.3 is 0 Å². The summed E-state index contributed by atoms with van der Waals surface area (Å²) in [4.78, 5) is 9.52. The van der Waals surface area contributed by atoms with Gasteiger partial charge < -0.3 is 9.36 Å². The molecule has 0 aromatic heterocycles. The van der Waals surface area contributed by atoms with Crippen LogP contribution in [0.2, 0.25) is 0 Å². The van der Waals surface area contributed by atoms with Crippen LogP contribution < -0.4 is 0 Å². The molecule has 0 heterocycles. The van der Waals surface area contributed by atoms with Crippen LogP contribution in [-0.4, -0.2) is 25.8 Å². The fourth-order valence-corrected chi connectivity index (χ4v) is 0.466. The number of carbonyl (C=O) groups excluding carboxylic acids is 1. The Balaban J connectivity index is 0. The first-order valence-electron chi connectivity index (χ1n) is 1.95. The summed E-state index contributed by atoms with van der Waals surface area (Å²) in [5.74, 6) is 0. The first kappa shape index (κ1) is 11.4. The molecular formula is C4H8O2PW-. The minimum absolute atomic E-state index is 0. The van der Waals surface area contributed by atoms with Gasteiger partial charge in [0.2, 0.25) is 0 Å². The van der Waals surface area contributed by atoms with Crippen LogP contribution in [0, 0.1) is 0 Å². The van der Waals surface area contributed by atoms with Crippen molar-refractivity contribution in [2.75, 3.05) is 19.5 Å². The Bertz CT molecular complexity index is 107. The molecule has 0 saturated heterocycles. The van der Waals surface area contributed by atoms with Gasteiger partial charge in [0, 0.05) is 21.1 Å². The average molecular weight is 303 g/mol. The van der Waals surface area contributed by atoms with Crippen molar-refractivity contribution >= 4 is 13.4 Å². The number of hydrogen-bond acceptors (Lipinski definition) is 2. The minimum atomic E-state index is -2.09. The van der Waals surface area contributed by atoms with Gasteiger partial charge in [0.05, 0.1) is 7.14 Å². The molecule has 0 N–H and O–H groups in total. The molecule has 0 amide bonds. The zero-order chi connectivity index (χ0) is 5.91. The van der Waals surface area contributed by atoms with Crippen LogP contribution in [0.1, 0.15) is 0 Å². The number of rotatable bonds is 2. The van der Waals surface area contributed by atoms with Crippen LogP contribution in [0.3, 0.4) is 0 Å². The topological polar surface area (TPSA) is 34.1 Å². The van der Waals surface area contributed by atoms with Crippen molar-refractivity contribution in [3.8, 4) is 0 Å². The monoisotopic (exact) mass is 303 g/mol. The van der Waals surface area contributed by atoms with E-state index in [0.29, 0.717) is 0 Å². The summed E-state index contributed by atoms with van der Waals surface area (Å²) in [6.45, 7) is 3.13. The van der Waals surface area contributed by atoms with Crippen LogP contribution in [0.25, 0.3) is 0 Å². The summed E-state index contributed by atoms with van der Waals surface area (Å²) in [6.07, 6.45) is 1.68. The fraction of sp³-hybridized carbons (Fsp3) is 0.750. The van der Waals surface area contributed by atoms with Crippen LogP contribution in [0.4, 0.5) is 0 Å². The van der Waals surface area contributed by atoms with E-state index in [1.165, 1.54) is 0 Å². The summed E-state index contributed by atoms with van der Waals surface area (Å²) in [7, 11) is -2.09. The predicted octanol–water partition coefficient (Wildman–Crippen LogP) is 0.716. The Hall–Kier alpha value is 0.588. The van der Waals surface area contributed by atoms with Gasteiger partial charge in [-0.25, -0.2) is 0 Å². The van der Waals surface area contributed by atoms with Crippen molar-refractivity contribution in [3.05, 3.63) is 0 Å². The molecule has 0 atom stereocenters. The van der Waals surface area contributed by atoms with E-state index in [9.17, 15) is 9.36 Å². The largest absolute Gasteiger partial charge is 0.541 e. The van der Waals surface area contributed by atoms with Gasteiger partial charge in [0.25, 0.3) is 0 Å². The van der Waals surface area contributed by atoms with Crippen LogP contribution in [0.5, 0.6) is 0 Å². The van der Waals surface area contributed by atoms with Crippen molar-refractivity contribution in [1.82, 2.24) is 0 Å². The first-order chi connectivity index (χ1) is 3.06. The van der Waals surface area contributed by atoms with Crippen molar-refractivity contribution in [2.24, 2.45) is 0 Å². The second-order valence-corrected chi connectivity index (χ2v) is 5.34. The summed E-state index contributed by atoms with van der Waals surface area (Å²) >= 11 is 0. The third kappa shape index (κ3) is 9.77. The number of hydrogen-bond donors (Lipinski definition) is 0. The Kier molecular flexibility index (Phi) is 6.36. The van der Waals surface area contributed by atoms with Crippen LogP contribution in [0.15, 0.2) is 0 Å². The smallest absolute Gasteiger partial charge is 0.0571 e. The van der Waals surface area contributed by atoms with Gasteiger partial charge in [-0.15, -0.1) is 0 Å². The standard InChI is InChI=1S/C4H8O2P.W/c1-7(2,6)4-3-5;/h4H2,1-2H3;/q-1;. The van der Waals surface area contributed by atoms with E-state index in [0.717, 1.165) is 0 Å². The van der Waals surface area contributed by atoms with Crippen molar-refractivity contribution in [2.45, 2.75) is 0 Å². The third-order valence-corrected chi connectivity index (χ3v) is 1.34. The zero-order valence-corrected chi connectivity index (χ0v) is 8.71. The Labute approximate surface area is 63.7 Å². The van der Waals surface area contributed by atoms with Gasteiger partial charge in [0.1, 0.15) is 0 Å². The maximum Gasteiger partial charge on any atom is 0.0571 e. The average Bonchev–Trinajstić information content (AvgIpc) is 1.30. The summed E-state index contributed by atoms with van der Waals surface area (Å²) in [5.41, 5.74) is 0. The summed E-state index contributed by atoms with van der Waals surface area (Å²) < 4.78 is 10.6. The van der Waals surface area contributed by atoms with Crippen LogP contribution in [-0.2, 0) is 30.4 Å². The molecule has 2 nitrogen and oxygen atoms in total. The molecular weight excluding hydrogens is 295 g/mol. The molecule has 0 bridgehead atoms. The third-order valence-electron chi connectivity index (χ3n) is 0.445. The van der Waals surface area contributed by atoms with Gasteiger partial charge in [-0.1, -0.05) is 6.16 Å². The molecule has 0 rings (SSSR count). The normalized spacial score (nSPS) is 9.75. The van der Waals surface area contributed by atoms with Gasteiger partial charge in [-0.3, -0.25) is 6.29 Å². The molecule has 48 valence electrons. The molecule has 4 heteroatoms. The molecule has 0 aromatic carbocycles. The Morgan fingerprint density at radius 2 is 1.88 bits per heavy atom. The second-order valence-electron chi connectivity index (χ2n) is 1.88. The van der Waals surface area contributed by atoms with Gasteiger partial charge in [-0.05, 0) is 13.3 Å². The molecule has 8 heavy (non-hydrogen) atoms. The van der Waals surface area contributed by atoms with Crippen LogP contribution >= 0.6 is 7.14 Å². The zero-order valence-electron chi connectivity index (χ0n) is 4.88. The van der Waals surface area contributed by atoms with Gasteiger partial charge in [0.15, 0.2) is 0 Å². The molecule has 0 unspecified atom stereocenters. The first-order valence-corrected chi connectivity index (χ1v) is 4.74. The molecule has 0 fully saturated rings. The maximum absolute atomic E-state index is 10.6. The van der Waals surface area contributed by atoms with E-state index in [1.807, 2.05) is 0 Å². The van der Waals surface area contributed by atoms with E-state index in [-0.39, 0.29) is 27.2 Å². The second kappa shape index (κ2) is 4.47. The Morgan fingerprint density at radius 3 is 1.88 bits per heavy atom. The van der Waals surface area contributed by atoms with E-state index >= 15 is 0 Å². The van der Waals surface area contributed by atoms with E-state index in [1.54, 1.807) is 19.6 Å². The van der Waals surface area contributed by atoms with Crippen molar-refractivity contribution < 1.29 is 30.4 Å². The predicted molar refractivity (Wildman–Crippen MR) is 30.0 cm³/mol. The molecule has 0 aromatic rings. The quantitative estimate of drug-likeness (QED) is 0.556. The van der Waals surface area contributed by atoms with Gasteiger partial charge in [-0.2, -0.15) is 0 Å². The summed E-state index contributed by atoms with van der Waals surface area (Å²) in [5, 5.41) is 0. The minimum Gasteiger partial charge on any atom is -0.541 e. The van der Waals surface area contributed by atoms with E-state index in [2.05, 4.69) is 0 Å². The Morgan fingerprint density at radius 1 is 1.50 bits per heavy atom. The molecule has 0 spiro atoms. The molecule has 0 aliphatic rings. The van der Waals surface area contributed by atoms with Crippen molar-refractivity contribution in [1.29, 1.82) is 0 Å². The van der Waals surface area contributed by atoms with E-state index in [4.69, 9.17) is 0 Å². The summed E-state index contributed by atoms with van der Waals surface area (Å²) in [6, 6.07) is 0. The van der Waals surface area contributed by atoms with E-state index < -0.39 is 7.14 Å². The maximum atomic E-state index is 10.6. The molecule has 0 radical (unpaired) electrons. The SMILES string of the molecule is CP(C)(=O)C[C-]=O.[W].